The summed E-state index contributed by atoms with van der Waals surface area (Å²) in [6.45, 7) is 8.46. The lowest BCUT2D eigenvalue weighted by molar-refractivity contribution is 0.623. The minimum Gasteiger partial charge on any atom is -0.156 e. The molecule has 0 saturated carbocycles. The maximum Gasteiger partial charge on any atom is 0.0662 e. The Kier molecular flexibility index (Phi) is 2.79. The molecule has 0 spiro atoms. The summed E-state index contributed by atoms with van der Waals surface area (Å²) >= 11 is 0. The van der Waals surface area contributed by atoms with Crippen molar-refractivity contribution in [2.24, 2.45) is 5.92 Å². The van der Waals surface area contributed by atoms with E-state index < -0.39 is 0 Å². The summed E-state index contributed by atoms with van der Waals surface area (Å²) in [5.41, 5.74) is 3.40. The van der Waals surface area contributed by atoms with Gasteiger partial charge in [-0.2, -0.15) is 10.2 Å². The van der Waals surface area contributed by atoms with Crippen molar-refractivity contribution >= 4 is 0 Å². The Balaban J connectivity index is 2.86. The average Bonchev–Trinajstić information content (AvgIpc) is 1.94. The Labute approximate surface area is 74.0 Å². The fourth-order valence-corrected chi connectivity index (χ4v) is 1.23. The molecule has 2 heteroatoms. The van der Waals surface area contributed by atoms with Gasteiger partial charge in [0.2, 0.25) is 0 Å². The lowest BCUT2D eigenvalue weighted by Gasteiger charge is -2.06. The second kappa shape index (κ2) is 3.65. The third kappa shape index (κ3) is 2.29. The summed E-state index contributed by atoms with van der Waals surface area (Å²) in [4.78, 5) is 0. The Morgan fingerprint density at radius 2 is 1.92 bits per heavy atom. The number of rotatable bonds is 2. The molecule has 1 aromatic rings. The Morgan fingerprint density at radius 1 is 1.25 bits per heavy atom. The molecule has 0 aliphatic carbocycles. The van der Waals surface area contributed by atoms with Gasteiger partial charge in [-0.3, -0.25) is 0 Å². The molecule has 66 valence electrons. The molecule has 0 atom stereocenters. The lowest BCUT2D eigenvalue weighted by atomic mass is 10.0. The van der Waals surface area contributed by atoms with Crippen LogP contribution in [0.3, 0.4) is 0 Å². The number of hydrogen-bond donors (Lipinski definition) is 0. The van der Waals surface area contributed by atoms with Crippen molar-refractivity contribution in [2.45, 2.75) is 34.1 Å². The van der Waals surface area contributed by atoms with Crippen molar-refractivity contribution in [3.05, 3.63) is 23.0 Å². The molecule has 0 fully saturated rings. The molecule has 0 N–H and O–H groups in total. The first-order chi connectivity index (χ1) is 5.59. The van der Waals surface area contributed by atoms with Gasteiger partial charge in [-0.1, -0.05) is 13.8 Å². The van der Waals surface area contributed by atoms with E-state index in [0.717, 1.165) is 17.8 Å². The van der Waals surface area contributed by atoms with Crippen LogP contribution < -0.4 is 0 Å². The summed E-state index contributed by atoms with van der Waals surface area (Å²) in [5, 5.41) is 8.21. The summed E-state index contributed by atoms with van der Waals surface area (Å²) in [5.74, 6) is 0.653. The van der Waals surface area contributed by atoms with Crippen molar-refractivity contribution in [1.29, 1.82) is 0 Å². The number of aryl methyl sites for hydroxylation is 2. The van der Waals surface area contributed by atoms with Crippen molar-refractivity contribution < 1.29 is 0 Å². The van der Waals surface area contributed by atoms with E-state index in [4.69, 9.17) is 0 Å². The van der Waals surface area contributed by atoms with Crippen LogP contribution in [0, 0.1) is 19.8 Å². The highest BCUT2D eigenvalue weighted by Gasteiger charge is 2.03. The van der Waals surface area contributed by atoms with Crippen LogP contribution in [0.2, 0.25) is 0 Å². The fraction of sp³-hybridized carbons (Fsp3) is 0.600. The maximum atomic E-state index is 4.17. The van der Waals surface area contributed by atoms with E-state index in [1.165, 1.54) is 5.56 Å². The van der Waals surface area contributed by atoms with Gasteiger partial charge >= 0.3 is 0 Å². The van der Waals surface area contributed by atoms with Gasteiger partial charge < -0.3 is 0 Å². The second-order valence-electron chi connectivity index (χ2n) is 3.71. The van der Waals surface area contributed by atoms with Gasteiger partial charge in [0.1, 0.15) is 0 Å². The molecular weight excluding hydrogens is 148 g/mol. The van der Waals surface area contributed by atoms with Gasteiger partial charge in [0.05, 0.1) is 11.4 Å². The zero-order valence-electron chi connectivity index (χ0n) is 8.26. The first-order valence-corrected chi connectivity index (χ1v) is 4.39. The molecule has 0 unspecified atom stereocenters. The molecule has 0 aliphatic rings. The molecule has 0 amide bonds. The minimum atomic E-state index is 0.653. The summed E-state index contributed by atoms with van der Waals surface area (Å²) in [6, 6.07) is 2.09. The highest BCUT2D eigenvalue weighted by Crippen LogP contribution is 2.09. The van der Waals surface area contributed by atoms with E-state index in [0.29, 0.717) is 5.92 Å². The Morgan fingerprint density at radius 3 is 2.42 bits per heavy atom. The third-order valence-electron chi connectivity index (χ3n) is 1.81. The number of aromatic nitrogens is 2. The van der Waals surface area contributed by atoms with Crippen molar-refractivity contribution in [3.8, 4) is 0 Å². The monoisotopic (exact) mass is 164 g/mol. The van der Waals surface area contributed by atoms with Gasteiger partial charge in [-0.15, -0.1) is 0 Å². The molecule has 0 aliphatic heterocycles. The molecule has 0 bridgehead atoms. The number of hydrogen-bond acceptors (Lipinski definition) is 2. The highest BCUT2D eigenvalue weighted by atomic mass is 15.1. The van der Waals surface area contributed by atoms with Crippen LogP contribution in [0.1, 0.15) is 30.8 Å². The first kappa shape index (κ1) is 9.17. The van der Waals surface area contributed by atoms with E-state index in [-0.39, 0.29) is 0 Å². The predicted molar refractivity (Wildman–Crippen MR) is 50.0 cm³/mol. The normalized spacial score (nSPS) is 10.8. The molecule has 1 rings (SSSR count). The van der Waals surface area contributed by atoms with E-state index in [9.17, 15) is 0 Å². The average molecular weight is 164 g/mol. The summed E-state index contributed by atoms with van der Waals surface area (Å²) in [7, 11) is 0. The van der Waals surface area contributed by atoms with Crippen LogP contribution in [-0.2, 0) is 6.42 Å². The van der Waals surface area contributed by atoms with Crippen LogP contribution >= 0.6 is 0 Å². The molecule has 2 nitrogen and oxygen atoms in total. The standard InChI is InChI=1S/C10H16N2/c1-7(2)5-10-8(3)6-9(4)11-12-10/h6-7H,5H2,1-4H3. The first-order valence-electron chi connectivity index (χ1n) is 4.39. The molecular formula is C10H16N2. The van der Waals surface area contributed by atoms with Gasteiger partial charge in [0.15, 0.2) is 0 Å². The lowest BCUT2D eigenvalue weighted by Crippen LogP contribution is -2.02. The molecule has 1 aromatic heterocycles. The van der Waals surface area contributed by atoms with Crippen LogP contribution in [0.4, 0.5) is 0 Å². The zero-order valence-corrected chi connectivity index (χ0v) is 8.26. The predicted octanol–water partition coefficient (Wildman–Crippen LogP) is 2.29. The Bertz CT molecular complexity index is 267. The van der Waals surface area contributed by atoms with Gasteiger partial charge in [-0.25, -0.2) is 0 Å². The third-order valence-corrected chi connectivity index (χ3v) is 1.81. The van der Waals surface area contributed by atoms with Gasteiger partial charge in [-0.05, 0) is 37.8 Å². The molecule has 0 saturated heterocycles. The van der Waals surface area contributed by atoms with Crippen LogP contribution in [0.25, 0.3) is 0 Å². The van der Waals surface area contributed by atoms with E-state index >= 15 is 0 Å². The quantitative estimate of drug-likeness (QED) is 0.670. The molecule has 0 aromatic carbocycles. The van der Waals surface area contributed by atoms with Crippen LogP contribution in [-0.4, -0.2) is 10.2 Å². The second-order valence-corrected chi connectivity index (χ2v) is 3.71. The van der Waals surface area contributed by atoms with E-state index in [1.54, 1.807) is 0 Å². The van der Waals surface area contributed by atoms with E-state index in [1.807, 2.05) is 6.92 Å². The maximum absolute atomic E-state index is 4.17. The van der Waals surface area contributed by atoms with Crippen molar-refractivity contribution in [3.63, 3.8) is 0 Å². The topological polar surface area (TPSA) is 25.8 Å². The van der Waals surface area contributed by atoms with Gasteiger partial charge in [0, 0.05) is 0 Å². The van der Waals surface area contributed by atoms with Crippen molar-refractivity contribution in [2.75, 3.05) is 0 Å². The SMILES string of the molecule is Cc1cc(C)c(CC(C)C)nn1. The van der Waals surface area contributed by atoms with Crippen LogP contribution in [0.5, 0.6) is 0 Å². The number of nitrogens with zero attached hydrogens (tertiary/aromatic N) is 2. The minimum absolute atomic E-state index is 0.653. The highest BCUT2D eigenvalue weighted by molar-refractivity contribution is 5.19. The summed E-state index contributed by atoms with van der Waals surface area (Å²) in [6.07, 6.45) is 1.03. The Hall–Kier alpha value is -0.920. The fourth-order valence-electron chi connectivity index (χ4n) is 1.23. The smallest absolute Gasteiger partial charge is 0.0662 e. The van der Waals surface area contributed by atoms with E-state index in [2.05, 4.69) is 37.0 Å². The largest absolute Gasteiger partial charge is 0.156 e. The molecule has 0 radical (unpaired) electrons. The van der Waals surface area contributed by atoms with Gasteiger partial charge in [0.25, 0.3) is 0 Å². The van der Waals surface area contributed by atoms with Crippen LogP contribution in [0.15, 0.2) is 6.07 Å². The zero-order chi connectivity index (χ0) is 9.14. The van der Waals surface area contributed by atoms with Crippen molar-refractivity contribution in [1.82, 2.24) is 10.2 Å². The summed E-state index contributed by atoms with van der Waals surface area (Å²) < 4.78 is 0. The molecule has 12 heavy (non-hydrogen) atoms. The molecule has 1 heterocycles.